The van der Waals surface area contributed by atoms with Gasteiger partial charge in [0.25, 0.3) is 0 Å². The van der Waals surface area contributed by atoms with Crippen LogP contribution in [0.25, 0.3) is 11.1 Å². The molecule has 6 heteroatoms. The summed E-state index contributed by atoms with van der Waals surface area (Å²) in [5, 5.41) is 0. The highest BCUT2D eigenvalue weighted by Crippen LogP contribution is 2.33. The molecular weight excluding hydrogens is 504 g/mol. The Labute approximate surface area is 237 Å². The summed E-state index contributed by atoms with van der Waals surface area (Å²) >= 11 is 0. The van der Waals surface area contributed by atoms with E-state index in [1.165, 1.54) is 0 Å². The van der Waals surface area contributed by atoms with Gasteiger partial charge in [-0.2, -0.15) is 0 Å². The molecule has 4 rings (SSSR count). The second-order valence-electron chi connectivity index (χ2n) is 9.50. The molecule has 210 valence electrons. The fraction of sp³-hybridized carbons (Fsp3) is 0.294. The van der Waals surface area contributed by atoms with Crippen LogP contribution in [0.3, 0.4) is 0 Å². The molecule has 0 aliphatic rings. The third-order valence-electron chi connectivity index (χ3n) is 7.08. The molecule has 0 unspecified atom stereocenters. The molecule has 40 heavy (non-hydrogen) atoms. The summed E-state index contributed by atoms with van der Waals surface area (Å²) in [6.07, 6.45) is 3.28. The van der Waals surface area contributed by atoms with E-state index in [9.17, 15) is 0 Å². The van der Waals surface area contributed by atoms with Crippen molar-refractivity contribution >= 4 is 0 Å². The van der Waals surface area contributed by atoms with Crippen LogP contribution in [0.2, 0.25) is 0 Å². The van der Waals surface area contributed by atoms with Crippen LogP contribution in [-0.4, -0.2) is 42.7 Å². The molecule has 4 aromatic carbocycles. The summed E-state index contributed by atoms with van der Waals surface area (Å²) in [6, 6.07) is 24.7. The molecule has 0 spiro atoms. The smallest absolute Gasteiger partial charge is 0.122 e. The minimum atomic E-state index is 0.785. The van der Waals surface area contributed by atoms with Gasteiger partial charge in [0.15, 0.2) is 0 Å². The van der Waals surface area contributed by atoms with E-state index in [1.807, 2.05) is 48.5 Å². The number of hydrogen-bond donors (Lipinski definition) is 0. The Bertz CT molecular complexity index is 1270. The van der Waals surface area contributed by atoms with E-state index < -0.39 is 0 Å². The second-order valence-corrected chi connectivity index (χ2v) is 9.50. The van der Waals surface area contributed by atoms with Crippen LogP contribution in [0.4, 0.5) is 0 Å². The summed E-state index contributed by atoms with van der Waals surface area (Å²) in [5.41, 5.74) is 6.83. The average Bonchev–Trinajstić information content (AvgIpc) is 3.01. The van der Waals surface area contributed by atoms with Gasteiger partial charge in [0.1, 0.15) is 34.5 Å². The number of benzene rings is 4. The van der Waals surface area contributed by atoms with Gasteiger partial charge in [-0.3, -0.25) is 0 Å². The Kier molecular flexibility index (Phi) is 9.79. The first-order chi connectivity index (χ1) is 19.5. The van der Waals surface area contributed by atoms with Crippen LogP contribution in [0.5, 0.6) is 34.5 Å². The molecule has 0 amide bonds. The fourth-order valence-electron chi connectivity index (χ4n) is 4.89. The first-order valence-electron chi connectivity index (χ1n) is 13.3. The molecular formula is C34H38O6. The molecule has 0 heterocycles. The molecule has 0 fully saturated rings. The number of aryl methyl sites for hydroxylation is 4. The first kappa shape index (κ1) is 28.7. The summed E-state index contributed by atoms with van der Waals surface area (Å²) in [7, 11) is 10.1. The highest BCUT2D eigenvalue weighted by atomic mass is 16.5. The molecule has 0 atom stereocenters. The Hall–Kier alpha value is -4.32. The van der Waals surface area contributed by atoms with E-state index in [2.05, 4.69) is 24.3 Å². The minimum Gasteiger partial charge on any atom is -0.497 e. The molecule has 0 N–H and O–H groups in total. The maximum Gasteiger partial charge on any atom is 0.122 e. The first-order valence-corrected chi connectivity index (χ1v) is 13.3. The van der Waals surface area contributed by atoms with Crippen molar-refractivity contribution < 1.29 is 28.4 Å². The van der Waals surface area contributed by atoms with Crippen molar-refractivity contribution in [2.45, 2.75) is 25.7 Å². The Balaban J connectivity index is 1.58. The van der Waals surface area contributed by atoms with Gasteiger partial charge < -0.3 is 28.4 Å². The van der Waals surface area contributed by atoms with Crippen molar-refractivity contribution in [1.29, 1.82) is 0 Å². The highest BCUT2D eigenvalue weighted by Gasteiger charge is 2.12. The van der Waals surface area contributed by atoms with E-state index >= 15 is 0 Å². The van der Waals surface area contributed by atoms with E-state index in [0.29, 0.717) is 0 Å². The van der Waals surface area contributed by atoms with Crippen LogP contribution in [0.1, 0.15) is 22.3 Å². The lowest BCUT2D eigenvalue weighted by Gasteiger charge is -2.15. The van der Waals surface area contributed by atoms with Crippen molar-refractivity contribution in [2.24, 2.45) is 0 Å². The van der Waals surface area contributed by atoms with E-state index in [1.54, 1.807) is 42.7 Å². The van der Waals surface area contributed by atoms with E-state index in [-0.39, 0.29) is 0 Å². The molecule has 0 saturated carbocycles. The van der Waals surface area contributed by atoms with Gasteiger partial charge >= 0.3 is 0 Å². The summed E-state index contributed by atoms with van der Waals surface area (Å²) in [4.78, 5) is 0. The molecule has 4 aromatic rings. The number of hydrogen-bond acceptors (Lipinski definition) is 6. The number of ether oxygens (including phenoxy) is 6. The molecule has 0 aliphatic carbocycles. The lowest BCUT2D eigenvalue weighted by atomic mass is 9.95. The second kappa shape index (κ2) is 13.7. The van der Waals surface area contributed by atoms with Gasteiger partial charge in [0.05, 0.1) is 42.7 Å². The van der Waals surface area contributed by atoms with Crippen LogP contribution in [0, 0.1) is 0 Å². The topological polar surface area (TPSA) is 55.4 Å². The quantitative estimate of drug-likeness (QED) is 0.182. The van der Waals surface area contributed by atoms with Gasteiger partial charge in [0.2, 0.25) is 0 Å². The fourth-order valence-corrected chi connectivity index (χ4v) is 4.89. The van der Waals surface area contributed by atoms with Crippen molar-refractivity contribution in [1.82, 2.24) is 0 Å². The molecule has 0 saturated heterocycles. The maximum atomic E-state index is 5.71. The summed E-state index contributed by atoms with van der Waals surface area (Å²) in [6.45, 7) is 0. The van der Waals surface area contributed by atoms with Gasteiger partial charge in [-0.15, -0.1) is 0 Å². The van der Waals surface area contributed by atoms with Crippen molar-refractivity contribution in [3.63, 3.8) is 0 Å². The Morgan fingerprint density at radius 2 is 0.725 bits per heavy atom. The number of rotatable bonds is 13. The SMILES string of the molecule is COc1cc(CCc2cc(-c3ccc(OC)c(CCc4cc(OC)cc(OC)c4)c3)ccc2OC)cc(OC)c1. The lowest BCUT2D eigenvalue weighted by Crippen LogP contribution is -1.99. The van der Waals surface area contributed by atoms with Gasteiger partial charge in [-0.25, -0.2) is 0 Å². The van der Waals surface area contributed by atoms with Crippen LogP contribution >= 0.6 is 0 Å². The van der Waals surface area contributed by atoms with Gasteiger partial charge in [-0.1, -0.05) is 12.1 Å². The molecule has 0 aliphatic heterocycles. The highest BCUT2D eigenvalue weighted by molar-refractivity contribution is 5.68. The zero-order valence-electron chi connectivity index (χ0n) is 24.2. The predicted octanol–water partition coefficient (Wildman–Crippen LogP) is 6.98. The Morgan fingerprint density at radius 3 is 1.02 bits per heavy atom. The standard InChI is InChI=1S/C34H38O6/c1-35-29-15-23(16-30(21-29)36-2)7-9-27-19-25(11-13-33(27)39-5)26-12-14-34(40-6)28(20-26)10-8-24-17-31(37-3)22-32(18-24)38-4/h11-22H,7-10H2,1-6H3. The largest absolute Gasteiger partial charge is 0.497 e. The van der Waals surface area contributed by atoms with E-state index in [0.717, 1.165) is 93.6 Å². The van der Waals surface area contributed by atoms with Crippen LogP contribution in [-0.2, 0) is 25.7 Å². The van der Waals surface area contributed by atoms with Crippen molar-refractivity contribution in [3.8, 4) is 45.6 Å². The third-order valence-corrected chi connectivity index (χ3v) is 7.08. The molecule has 0 radical (unpaired) electrons. The minimum absolute atomic E-state index is 0.785. The zero-order valence-corrected chi connectivity index (χ0v) is 24.2. The Morgan fingerprint density at radius 1 is 0.375 bits per heavy atom. The van der Waals surface area contributed by atoms with Crippen molar-refractivity contribution in [3.05, 3.63) is 95.1 Å². The van der Waals surface area contributed by atoms with Crippen molar-refractivity contribution in [2.75, 3.05) is 42.7 Å². The van der Waals surface area contributed by atoms with Gasteiger partial charge in [-0.05, 0) is 108 Å². The predicted molar refractivity (Wildman–Crippen MR) is 159 cm³/mol. The third kappa shape index (κ3) is 7.00. The maximum absolute atomic E-state index is 5.71. The molecule has 6 nitrogen and oxygen atoms in total. The normalized spacial score (nSPS) is 10.7. The number of methoxy groups -OCH3 is 6. The summed E-state index contributed by atoms with van der Waals surface area (Å²) < 4.78 is 33.2. The molecule has 0 aromatic heterocycles. The van der Waals surface area contributed by atoms with Crippen LogP contribution in [0.15, 0.2) is 72.8 Å². The summed E-state index contributed by atoms with van der Waals surface area (Å²) in [5.74, 6) is 4.89. The van der Waals surface area contributed by atoms with E-state index in [4.69, 9.17) is 28.4 Å². The zero-order chi connectivity index (χ0) is 28.5. The lowest BCUT2D eigenvalue weighted by molar-refractivity contribution is 0.393. The molecule has 0 bridgehead atoms. The monoisotopic (exact) mass is 542 g/mol. The van der Waals surface area contributed by atoms with Gasteiger partial charge in [0, 0.05) is 12.1 Å². The van der Waals surface area contributed by atoms with Crippen LogP contribution < -0.4 is 28.4 Å². The average molecular weight is 543 g/mol.